The zero-order valence-corrected chi connectivity index (χ0v) is 21.8. The molecular weight excluding hydrogens is 456 g/mol. The number of amides is 1. The van der Waals surface area contributed by atoms with Gasteiger partial charge in [0.1, 0.15) is 5.66 Å². The number of benzene rings is 3. The summed E-state index contributed by atoms with van der Waals surface area (Å²) in [6.45, 7) is 9.36. The van der Waals surface area contributed by atoms with Crippen LogP contribution in [0.3, 0.4) is 0 Å². The molecule has 1 atom stereocenters. The van der Waals surface area contributed by atoms with Crippen molar-refractivity contribution >= 4 is 17.7 Å². The molecule has 1 unspecified atom stereocenters. The average molecular weight is 489 g/mol. The molecule has 0 spiro atoms. The van der Waals surface area contributed by atoms with Crippen molar-refractivity contribution < 1.29 is 4.79 Å². The molecule has 6 rings (SSSR count). The van der Waals surface area contributed by atoms with Crippen molar-refractivity contribution in [1.29, 1.82) is 0 Å². The Morgan fingerprint density at radius 3 is 2.43 bits per heavy atom. The smallest absolute Gasteiger partial charge is 0.223 e. The largest absolute Gasteiger partial charge is 0.344 e. The van der Waals surface area contributed by atoms with Crippen molar-refractivity contribution in [1.82, 2.24) is 15.1 Å². The Labute approximate surface area is 218 Å². The minimum atomic E-state index is -0.669. The van der Waals surface area contributed by atoms with Gasteiger partial charge in [0.25, 0.3) is 0 Å². The van der Waals surface area contributed by atoms with Gasteiger partial charge in [-0.3, -0.25) is 4.79 Å². The number of hydrogen-bond donors (Lipinski definition) is 1. The van der Waals surface area contributed by atoms with Crippen molar-refractivity contribution in [2.24, 2.45) is 0 Å². The van der Waals surface area contributed by atoms with E-state index in [1.54, 1.807) is 0 Å². The quantitative estimate of drug-likeness (QED) is 0.373. The summed E-state index contributed by atoms with van der Waals surface area (Å²) in [4.78, 5) is 15.2. The summed E-state index contributed by atoms with van der Waals surface area (Å²) in [5, 5.41) is 8.39. The molecular formula is C32H32N4O. The second-order valence-corrected chi connectivity index (χ2v) is 10.8. The van der Waals surface area contributed by atoms with Gasteiger partial charge in [0.05, 0.1) is 11.4 Å². The van der Waals surface area contributed by atoms with Crippen molar-refractivity contribution in [3.8, 4) is 16.9 Å². The molecule has 1 N–H and O–H groups in total. The van der Waals surface area contributed by atoms with Crippen molar-refractivity contribution in [3.63, 3.8) is 0 Å². The molecule has 2 aliphatic heterocycles. The van der Waals surface area contributed by atoms with Gasteiger partial charge in [0, 0.05) is 41.4 Å². The topological polar surface area (TPSA) is 50.2 Å². The van der Waals surface area contributed by atoms with E-state index < -0.39 is 5.66 Å². The zero-order valence-electron chi connectivity index (χ0n) is 21.8. The van der Waals surface area contributed by atoms with Gasteiger partial charge < -0.3 is 10.2 Å². The highest BCUT2D eigenvalue weighted by Crippen LogP contribution is 2.52. The van der Waals surface area contributed by atoms with Crippen LogP contribution >= 0.6 is 0 Å². The first-order valence-electron chi connectivity index (χ1n) is 12.9. The second-order valence-electron chi connectivity index (χ2n) is 10.8. The normalized spacial score (nSPS) is 20.1. The van der Waals surface area contributed by atoms with Gasteiger partial charge in [-0.15, -0.1) is 0 Å². The molecule has 0 bridgehead atoms. The number of para-hydroxylation sites is 1. The van der Waals surface area contributed by atoms with Crippen LogP contribution in [0.4, 0.5) is 5.69 Å². The van der Waals surface area contributed by atoms with E-state index in [9.17, 15) is 4.79 Å². The minimum absolute atomic E-state index is 0.0808. The van der Waals surface area contributed by atoms with E-state index in [1.165, 1.54) is 22.4 Å². The average Bonchev–Trinajstić information content (AvgIpc) is 3.39. The minimum Gasteiger partial charge on any atom is -0.344 e. The third-order valence-corrected chi connectivity index (χ3v) is 7.98. The number of fused-ring (bicyclic) bond motifs is 3. The van der Waals surface area contributed by atoms with Crippen LogP contribution < -0.4 is 10.2 Å². The number of carbonyl (C=O) groups is 1. The van der Waals surface area contributed by atoms with Crippen LogP contribution in [0, 0.1) is 13.8 Å². The SMILES string of the molecule is Cc1ccc(-c2nn(-c3ccccc3)cc2/C=C/C23NC(=O)CCN2c2ccc(C)cc2C3(C)C)cc1. The molecule has 1 amide bonds. The van der Waals surface area contributed by atoms with Gasteiger partial charge >= 0.3 is 0 Å². The first-order valence-corrected chi connectivity index (χ1v) is 12.9. The second kappa shape index (κ2) is 8.48. The fourth-order valence-corrected chi connectivity index (χ4v) is 5.84. The van der Waals surface area contributed by atoms with Crippen LogP contribution in [0.5, 0.6) is 0 Å². The number of hydrogen-bond acceptors (Lipinski definition) is 3. The van der Waals surface area contributed by atoms with Crippen LogP contribution in [0.2, 0.25) is 0 Å². The van der Waals surface area contributed by atoms with Gasteiger partial charge in [-0.2, -0.15) is 5.10 Å². The van der Waals surface area contributed by atoms with Crippen molar-refractivity contribution in [2.75, 3.05) is 11.4 Å². The molecule has 0 aliphatic carbocycles. The highest BCUT2D eigenvalue weighted by molar-refractivity contribution is 5.85. The fourth-order valence-electron chi connectivity index (χ4n) is 5.84. The van der Waals surface area contributed by atoms with Gasteiger partial charge in [0.2, 0.25) is 5.91 Å². The molecule has 186 valence electrons. The van der Waals surface area contributed by atoms with E-state index in [2.05, 4.69) is 111 Å². The van der Waals surface area contributed by atoms with Crippen molar-refractivity contribution in [2.45, 2.75) is 45.2 Å². The molecule has 0 radical (unpaired) electrons. The predicted octanol–water partition coefficient (Wildman–Crippen LogP) is 6.18. The van der Waals surface area contributed by atoms with Crippen LogP contribution in [-0.4, -0.2) is 27.9 Å². The van der Waals surface area contributed by atoms with E-state index in [-0.39, 0.29) is 11.3 Å². The number of rotatable bonds is 4. The molecule has 37 heavy (non-hydrogen) atoms. The van der Waals surface area contributed by atoms with Gasteiger partial charge in [0.15, 0.2) is 0 Å². The summed E-state index contributed by atoms with van der Waals surface area (Å²) in [6, 6.07) is 25.3. The van der Waals surface area contributed by atoms with Gasteiger partial charge in [-0.1, -0.05) is 85.6 Å². The standard InChI is InChI=1S/C32H32N4O/c1-22-10-13-24(14-11-22)30-25(21-36(34-30)26-8-6-5-7-9-26)16-18-32-31(3,4)27-20-23(2)12-15-28(27)35(32)19-17-29(37)33-32/h5-16,18,20-21H,17,19H2,1-4H3,(H,33,37)/b18-16+. The van der Waals surface area contributed by atoms with E-state index in [0.717, 1.165) is 22.5 Å². The molecule has 4 aromatic rings. The zero-order chi connectivity index (χ0) is 25.8. The Morgan fingerprint density at radius 1 is 0.946 bits per heavy atom. The number of aryl methyl sites for hydroxylation is 2. The highest BCUT2D eigenvalue weighted by atomic mass is 16.2. The fraction of sp³-hybridized carbons (Fsp3) is 0.250. The number of anilines is 1. The maximum Gasteiger partial charge on any atom is 0.223 e. The van der Waals surface area contributed by atoms with Crippen LogP contribution in [0.1, 0.15) is 42.5 Å². The molecule has 1 aromatic heterocycles. The maximum atomic E-state index is 12.8. The lowest BCUT2D eigenvalue weighted by atomic mass is 9.74. The molecule has 5 heteroatoms. The first kappa shape index (κ1) is 23.3. The van der Waals surface area contributed by atoms with Crippen molar-refractivity contribution in [3.05, 3.63) is 107 Å². The Kier molecular flexibility index (Phi) is 5.34. The van der Waals surface area contributed by atoms with Crippen LogP contribution in [0.25, 0.3) is 23.0 Å². The molecule has 1 saturated heterocycles. The number of nitrogens with zero attached hydrogens (tertiary/aromatic N) is 3. The predicted molar refractivity (Wildman–Crippen MR) is 150 cm³/mol. The third kappa shape index (κ3) is 3.69. The summed E-state index contributed by atoms with van der Waals surface area (Å²) in [6.07, 6.45) is 6.88. The third-order valence-electron chi connectivity index (χ3n) is 7.98. The first-order chi connectivity index (χ1) is 17.8. The molecule has 5 nitrogen and oxygen atoms in total. The summed E-state index contributed by atoms with van der Waals surface area (Å²) in [7, 11) is 0. The van der Waals surface area contributed by atoms with Crippen LogP contribution in [-0.2, 0) is 10.2 Å². The molecule has 1 fully saturated rings. The highest BCUT2D eigenvalue weighted by Gasteiger charge is 2.57. The molecule has 0 saturated carbocycles. The molecule has 2 aliphatic rings. The number of carbonyl (C=O) groups excluding carboxylic acids is 1. The Bertz CT molecular complexity index is 1510. The molecule has 3 aromatic carbocycles. The summed E-state index contributed by atoms with van der Waals surface area (Å²) in [5.74, 6) is 0.0808. The number of nitrogens with one attached hydrogen (secondary N) is 1. The summed E-state index contributed by atoms with van der Waals surface area (Å²) < 4.78 is 1.93. The van der Waals surface area contributed by atoms with Gasteiger partial charge in [-0.05, 0) is 43.7 Å². The summed E-state index contributed by atoms with van der Waals surface area (Å²) in [5.41, 5.74) is 7.87. The Hall–Kier alpha value is -4.12. The van der Waals surface area contributed by atoms with Gasteiger partial charge in [-0.25, -0.2) is 4.68 Å². The monoisotopic (exact) mass is 488 g/mol. The van der Waals surface area contributed by atoms with E-state index in [1.807, 2.05) is 22.9 Å². The maximum absolute atomic E-state index is 12.8. The van der Waals surface area contributed by atoms with Crippen LogP contribution in [0.15, 0.2) is 85.1 Å². The lowest BCUT2D eigenvalue weighted by Gasteiger charge is -2.49. The summed E-state index contributed by atoms with van der Waals surface area (Å²) >= 11 is 0. The Balaban J connectivity index is 1.50. The van der Waals surface area contributed by atoms with E-state index in [4.69, 9.17) is 5.10 Å². The molecule has 3 heterocycles. The lowest BCUT2D eigenvalue weighted by molar-refractivity contribution is -0.124. The van der Waals surface area contributed by atoms with E-state index >= 15 is 0 Å². The lowest BCUT2D eigenvalue weighted by Crippen LogP contribution is -2.68. The number of aromatic nitrogens is 2. The van der Waals surface area contributed by atoms with E-state index in [0.29, 0.717) is 13.0 Å². The Morgan fingerprint density at radius 2 is 1.68 bits per heavy atom.